The molecule has 2 aromatic rings. The van der Waals surface area contributed by atoms with Crippen molar-refractivity contribution in [1.82, 2.24) is 9.80 Å². The first kappa shape index (κ1) is 19.3. The Hall–Kier alpha value is -1.49. The molecule has 6 heteroatoms. The molecule has 1 aromatic carbocycles. The Kier molecular flexibility index (Phi) is 6.28. The van der Waals surface area contributed by atoms with Crippen molar-refractivity contribution < 1.29 is 9.21 Å². The smallest absolute Gasteiger partial charge is 0.253 e. The molecule has 1 heterocycles. The van der Waals surface area contributed by atoms with E-state index in [0.717, 1.165) is 31.6 Å². The maximum atomic E-state index is 13.0. The van der Waals surface area contributed by atoms with Crippen molar-refractivity contribution in [3.05, 3.63) is 58.0 Å². The number of hydrogen-bond acceptors (Lipinski definition) is 3. The first-order valence-corrected chi connectivity index (χ1v) is 9.68. The summed E-state index contributed by atoms with van der Waals surface area (Å²) in [7, 11) is 3.98. The predicted octanol–water partition coefficient (Wildman–Crippen LogP) is 5.10. The average molecular weight is 395 g/mol. The monoisotopic (exact) mass is 394 g/mol. The Labute approximate surface area is 164 Å². The second-order valence-electron chi connectivity index (χ2n) is 6.96. The van der Waals surface area contributed by atoms with E-state index in [1.54, 1.807) is 24.5 Å². The van der Waals surface area contributed by atoms with Crippen LogP contribution in [0.15, 0.2) is 41.0 Å². The van der Waals surface area contributed by atoms with Gasteiger partial charge >= 0.3 is 0 Å². The molecule has 1 aromatic heterocycles. The fraction of sp³-hybridized carbons (Fsp3) is 0.450. The molecular weight excluding hydrogens is 371 g/mol. The number of rotatable bonds is 5. The summed E-state index contributed by atoms with van der Waals surface area (Å²) < 4.78 is 5.48. The van der Waals surface area contributed by atoms with Gasteiger partial charge in [0.05, 0.1) is 22.9 Å². The van der Waals surface area contributed by atoms with Gasteiger partial charge in [0.2, 0.25) is 0 Å². The third-order valence-electron chi connectivity index (χ3n) is 5.23. The Balaban J connectivity index is 1.75. The normalized spacial score (nSPS) is 20.3. The molecule has 0 radical (unpaired) electrons. The van der Waals surface area contributed by atoms with Gasteiger partial charge in [-0.3, -0.25) is 9.69 Å². The zero-order valence-corrected chi connectivity index (χ0v) is 16.6. The summed E-state index contributed by atoms with van der Waals surface area (Å²) in [6, 6.07) is 9.40. The van der Waals surface area contributed by atoms with Crippen LogP contribution in [0.2, 0.25) is 10.0 Å². The highest BCUT2D eigenvalue weighted by molar-refractivity contribution is 6.42. The van der Waals surface area contributed by atoms with Crippen LogP contribution in [0.3, 0.4) is 0 Å². The highest BCUT2D eigenvalue weighted by atomic mass is 35.5. The topological polar surface area (TPSA) is 36.7 Å². The standard InChI is InChI=1S/C20H24Cl2N2O2/c1-23(13-15-6-5-11-26-15)18-7-3-4-8-19(18)24(2)20(25)14-9-10-16(21)17(22)12-14/h5-6,9-12,18-19H,3-4,7-8,13H2,1-2H3. The van der Waals surface area contributed by atoms with Gasteiger partial charge in [0.25, 0.3) is 5.91 Å². The van der Waals surface area contributed by atoms with E-state index in [2.05, 4.69) is 11.9 Å². The largest absolute Gasteiger partial charge is 0.468 e. The number of likely N-dealkylation sites (N-methyl/N-ethyl adjacent to an activating group) is 2. The van der Waals surface area contributed by atoms with Gasteiger partial charge in [-0.05, 0) is 50.2 Å². The second-order valence-corrected chi connectivity index (χ2v) is 7.77. The molecule has 1 aliphatic carbocycles. The fourth-order valence-electron chi connectivity index (χ4n) is 3.81. The molecule has 2 unspecified atom stereocenters. The van der Waals surface area contributed by atoms with Crippen LogP contribution in [0.4, 0.5) is 0 Å². The molecule has 0 bridgehead atoms. The quantitative estimate of drug-likeness (QED) is 0.707. The first-order chi connectivity index (χ1) is 12.5. The molecule has 26 heavy (non-hydrogen) atoms. The zero-order chi connectivity index (χ0) is 18.7. The van der Waals surface area contributed by atoms with E-state index < -0.39 is 0 Å². The molecule has 3 rings (SSSR count). The lowest BCUT2D eigenvalue weighted by Crippen LogP contribution is -2.52. The number of carbonyl (C=O) groups excluding carboxylic acids is 1. The van der Waals surface area contributed by atoms with Gasteiger partial charge < -0.3 is 9.32 Å². The molecular formula is C20H24Cl2N2O2. The van der Waals surface area contributed by atoms with Crippen LogP contribution in [0.1, 0.15) is 41.8 Å². The highest BCUT2D eigenvalue weighted by Crippen LogP contribution is 2.29. The average Bonchev–Trinajstić information content (AvgIpc) is 3.15. The van der Waals surface area contributed by atoms with Crippen LogP contribution >= 0.6 is 23.2 Å². The molecule has 2 atom stereocenters. The van der Waals surface area contributed by atoms with Crippen LogP contribution in [0.25, 0.3) is 0 Å². The highest BCUT2D eigenvalue weighted by Gasteiger charge is 2.34. The first-order valence-electron chi connectivity index (χ1n) is 8.92. The minimum Gasteiger partial charge on any atom is -0.468 e. The van der Waals surface area contributed by atoms with E-state index in [4.69, 9.17) is 27.6 Å². The lowest BCUT2D eigenvalue weighted by atomic mass is 9.88. The second kappa shape index (κ2) is 8.47. The van der Waals surface area contributed by atoms with E-state index in [-0.39, 0.29) is 11.9 Å². The number of amides is 1. The van der Waals surface area contributed by atoms with Crippen molar-refractivity contribution >= 4 is 29.1 Å². The van der Waals surface area contributed by atoms with Crippen LogP contribution in [0, 0.1) is 0 Å². The third-order valence-corrected chi connectivity index (χ3v) is 5.97. The van der Waals surface area contributed by atoms with Gasteiger partial charge in [0.1, 0.15) is 5.76 Å². The van der Waals surface area contributed by atoms with Gasteiger partial charge in [-0.15, -0.1) is 0 Å². The van der Waals surface area contributed by atoms with Crippen LogP contribution < -0.4 is 0 Å². The Morgan fingerprint density at radius 1 is 1.12 bits per heavy atom. The SMILES string of the molecule is CN(Cc1ccco1)C1CCCCC1N(C)C(=O)c1ccc(Cl)c(Cl)c1. The van der Waals surface area contributed by atoms with E-state index in [9.17, 15) is 4.79 Å². The maximum Gasteiger partial charge on any atom is 0.253 e. The van der Waals surface area contributed by atoms with Gasteiger partial charge in [0.15, 0.2) is 0 Å². The Bertz CT molecular complexity index is 748. The van der Waals surface area contributed by atoms with Crippen LogP contribution in [-0.4, -0.2) is 41.9 Å². The van der Waals surface area contributed by atoms with Crippen LogP contribution in [-0.2, 0) is 6.54 Å². The number of carbonyl (C=O) groups is 1. The molecule has 4 nitrogen and oxygen atoms in total. The van der Waals surface area contributed by atoms with Crippen molar-refractivity contribution in [3.8, 4) is 0 Å². The van der Waals surface area contributed by atoms with Crippen molar-refractivity contribution in [1.29, 1.82) is 0 Å². The summed E-state index contributed by atoms with van der Waals surface area (Å²) in [5, 5.41) is 0.862. The van der Waals surface area contributed by atoms with Gasteiger partial charge in [0, 0.05) is 24.7 Å². The minimum absolute atomic E-state index is 0.0214. The van der Waals surface area contributed by atoms with Gasteiger partial charge in [-0.1, -0.05) is 36.0 Å². The molecule has 1 fully saturated rings. The summed E-state index contributed by atoms with van der Waals surface area (Å²) in [6.45, 7) is 0.739. The third kappa shape index (κ3) is 4.25. The molecule has 1 aliphatic rings. The summed E-state index contributed by atoms with van der Waals surface area (Å²) in [4.78, 5) is 17.1. The summed E-state index contributed by atoms with van der Waals surface area (Å²) >= 11 is 12.1. The lowest BCUT2D eigenvalue weighted by molar-refractivity contribution is 0.0473. The summed E-state index contributed by atoms with van der Waals surface area (Å²) in [6.07, 6.45) is 6.08. The molecule has 1 saturated carbocycles. The minimum atomic E-state index is -0.0214. The van der Waals surface area contributed by atoms with Crippen molar-refractivity contribution in [2.24, 2.45) is 0 Å². The number of benzene rings is 1. The molecule has 1 amide bonds. The summed E-state index contributed by atoms with van der Waals surface area (Å²) in [5.41, 5.74) is 0.569. The molecule has 0 spiro atoms. The van der Waals surface area contributed by atoms with E-state index in [0.29, 0.717) is 21.7 Å². The van der Waals surface area contributed by atoms with E-state index >= 15 is 0 Å². The lowest BCUT2D eigenvalue weighted by Gasteiger charge is -2.42. The Morgan fingerprint density at radius 3 is 2.50 bits per heavy atom. The zero-order valence-electron chi connectivity index (χ0n) is 15.1. The van der Waals surface area contributed by atoms with E-state index in [1.807, 2.05) is 24.1 Å². The predicted molar refractivity (Wildman–Crippen MR) is 105 cm³/mol. The number of nitrogens with zero attached hydrogens (tertiary/aromatic N) is 2. The van der Waals surface area contributed by atoms with Gasteiger partial charge in [-0.25, -0.2) is 0 Å². The number of halogens is 2. The van der Waals surface area contributed by atoms with Crippen molar-refractivity contribution in [2.75, 3.05) is 14.1 Å². The maximum absolute atomic E-state index is 13.0. The molecule has 140 valence electrons. The van der Waals surface area contributed by atoms with E-state index in [1.165, 1.54) is 6.42 Å². The van der Waals surface area contributed by atoms with Crippen LogP contribution in [0.5, 0.6) is 0 Å². The fourth-order valence-corrected chi connectivity index (χ4v) is 4.10. The number of furan rings is 1. The summed E-state index contributed by atoms with van der Waals surface area (Å²) in [5.74, 6) is 0.919. The molecule has 0 N–H and O–H groups in total. The van der Waals surface area contributed by atoms with Gasteiger partial charge in [-0.2, -0.15) is 0 Å². The van der Waals surface area contributed by atoms with Crippen molar-refractivity contribution in [3.63, 3.8) is 0 Å². The Morgan fingerprint density at radius 2 is 1.85 bits per heavy atom. The number of hydrogen-bond donors (Lipinski definition) is 0. The molecule has 0 saturated heterocycles. The van der Waals surface area contributed by atoms with Crippen molar-refractivity contribution in [2.45, 2.75) is 44.3 Å². The molecule has 0 aliphatic heterocycles.